The number of carbonyl (C=O) groups excluding carboxylic acids is 3. The summed E-state index contributed by atoms with van der Waals surface area (Å²) in [5, 5.41) is 41.6. The third-order valence-corrected chi connectivity index (χ3v) is 5.37. The molecule has 3 aliphatic rings. The van der Waals surface area contributed by atoms with Crippen LogP contribution in [0.4, 0.5) is 0 Å². The molecule has 1 saturated carbocycles. The molecule has 0 bridgehead atoms. The van der Waals surface area contributed by atoms with Gasteiger partial charge in [-0.05, 0) is 42.0 Å². The van der Waals surface area contributed by atoms with Crippen LogP contribution in [-0.4, -0.2) is 43.5 Å². The predicted molar refractivity (Wildman–Crippen MR) is 91.4 cm³/mol. The first-order chi connectivity index (χ1) is 12.7. The number of phenols is 1. The van der Waals surface area contributed by atoms with Gasteiger partial charge in [-0.15, -0.1) is 0 Å². The minimum atomic E-state index is -2.72. The lowest BCUT2D eigenvalue weighted by molar-refractivity contribution is -0.145. The Balaban J connectivity index is 1.94. The minimum absolute atomic E-state index is 0.00142. The summed E-state index contributed by atoms with van der Waals surface area (Å²) in [6.07, 6.45) is 1.29. The number of ketones is 2. The van der Waals surface area contributed by atoms with Crippen LogP contribution in [0.2, 0.25) is 0 Å². The van der Waals surface area contributed by atoms with Gasteiger partial charge in [-0.3, -0.25) is 14.4 Å². The third-order valence-electron chi connectivity index (χ3n) is 5.37. The van der Waals surface area contributed by atoms with Gasteiger partial charge >= 0.3 is 0 Å². The number of Topliss-reactive ketones (excluding diaryl/α,β-unsaturated/α-hetero) is 2. The fourth-order valence-corrected chi connectivity index (χ4v) is 4.13. The average molecular weight is 369 g/mol. The Bertz CT molecular complexity index is 1050. The average Bonchev–Trinajstić information content (AvgIpc) is 2.57. The summed E-state index contributed by atoms with van der Waals surface area (Å²) in [6, 6.07) is 4.64. The van der Waals surface area contributed by atoms with E-state index in [0.717, 1.165) is 6.08 Å². The van der Waals surface area contributed by atoms with Crippen molar-refractivity contribution in [3.05, 3.63) is 57.9 Å². The summed E-state index contributed by atoms with van der Waals surface area (Å²) < 4.78 is 0. The second-order valence-electron chi connectivity index (χ2n) is 6.84. The van der Waals surface area contributed by atoms with Crippen LogP contribution in [0.5, 0.6) is 5.75 Å². The summed E-state index contributed by atoms with van der Waals surface area (Å²) in [5.74, 6) is -5.70. The van der Waals surface area contributed by atoms with Crippen molar-refractivity contribution >= 4 is 23.2 Å². The number of aliphatic hydroxyl groups is 3. The van der Waals surface area contributed by atoms with Crippen molar-refractivity contribution < 1.29 is 34.8 Å². The first-order valence-electron chi connectivity index (χ1n) is 8.18. The number of hydrogen-bond acceptors (Lipinski definition) is 7. The van der Waals surface area contributed by atoms with Crippen LogP contribution in [0.15, 0.2) is 46.8 Å². The summed E-state index contributed by atoms with van der Waals surface area (Å²) in [5.41, 5.74) is 1.93. The molecule has 4 rings (SSSR count). The van der Waals surface area contributed by atoms with Crippen molar-refractivity contribution in [3.63, 3.8) is 0 Å². The molecule has 0 aliphatic heterocycles. The second kappa shape index (κ2) is 5.31. The Labute approximate surface area is 152 Å². The van der Waals surface area contributed by atoms with Crippen molar-refractivity contribution in [2.75, 3.05) is 0 Å². The number of benzene rings is 1. The molecular formula is C19H15NO7. The van der Waals surface area contributed by atoms with E-state index < -0.39 is 46.1 Å². The SMILES string of the molecule is NC(=O)C1=C(O)C=C2CC3Cc4cccc(O)c4C(O)=C3C(=O)C2(O)C1=O. The lowest BCUT2D eigenvalue weighted by Gasteiger charge is -2.41. The first-order valence-corrected chi connectivity index (χ1v) is 8.18. The predicted octanol–water partition coefficient (Wildman–Crippen LogP) is 0.344. The highest BCUT2D eigenvalue weighted by atomic mass is 16.3. The number of hydrogen-bond donors (Lipinski definition) is 5. The molecule has 27 heavy (non-hydrogen) atoms. The molecule has 0 spiro atoms. The maximum absolute atomic E-state index is 13.1. The minimum Gasteiger partial charge on any atom is -0.507 e. The second-order valence-corrected chi connectivity index (χ2v) is 6.84. The summed E-state index contributed by atoms with van der Waals surface area (Å²) in [4.78, 5) is 37.2. The van der Waals surface area contributed by atoms with Gasteiger partial charge in [-0.1, -0.05) is 12.1 Å². The Morgan fingerprint density at radius 2 is 1.81 bits per heavy atom. The molecule has 2 atom stereocenters. The maximum Gasteiger partial charge on any atom is 0.256 e. The number of primary amides is 1. The number of carbonyl (C=O) groups is 3. The molecule has 8 heteroatoms. The molecule has 1 fully saturated rings. The number of phenolic OH excluding ortho intramolecular Hbond substituents is 1. The molecule has 8 nitrogen and oxygen atoms in total. The van der Waals surface area contributed by atoms with Gasteiger partial charge in [0.25, 0.3) is 5.91 Å². The van der Waals surface area contributed by atoms with Crippen molar-refractivity contribution in [1.82, 2.24) is 0 Å². The molecule has 0 saturated heterocycles. The van der Waals surface area contributed by atoms with Crippen molar-refractivity contribution in [3.8, 4) is 5.75 Å². The van der Waals surface area contributed by atoms with Gasteiger partial charge in [0, 0.05) is 5.57 Å². The van der Waals surface area contributed by atoms with Crippen LogP contribution in [0.25, 0.3) is 5.76 Å². The number of aliphatic hydroxyl groups excluding tert-OH is 2. The van der Waals surface area contributed by atoms with E-state index in [9.17, 15) is 34.8 Å². The zero-order valence-electron chi connectivity index (χ0n) is 13.9. The zero-order chi connectivity index (χ0) is 19.7. The number of nitrogens with two attached hydrogens (primary N) is 1. The van der Waals surface area contributed by atoms with Crippen molar-refractivity contribution in [1.29, 1.82) is 0 Å². The highest BCUT2D eigenvalue weighted by Gasteiger charge is 2.58. The highest BCUT2D eigenvalue weighted by Crippen LogP contribution is 2.49. The lowest BCUT2D eigenvalue weighted by Crippen LogP contribution is -2.57. The van der Waals surface area contributed by atoms with Gasteiger partial charge in [0.1, 0.15) is 22.8 Å². The molecule has 1 aromatic rings. The zero-order valence-corrected chi connectivity index (χ0v) is 13.9. The van der Waals surface area contributed by atoms with E-state index in [4.69, 9.17) is 5.73 Å². The van der Waals surface area contributed by atoms with Crippen molar-refractivity contribution in [2.45, 2.75) is 18.4 Å². The maximum atomic E-state index is 13.1. The monoisotopic (exact) mass is 369 g/mol. The van der Waals surface area contributed by atoms with Crippen molar-refractivity contribution in [2.24, 2.45) is 11.7 Å². The summed E-state index contributed by atoms with van der Waals surface area (Å²) in [6.45, 7) is 0. The van der Waals surface area contributed by atoms with Gasteiger partial charge in [0.2, 0.25) is 17.2 Å². The molecule has 0 heterocycles. The van der Waals surface area contributed by atoms with Crippen LogP contribution >= 0.6 is 0 Å². The topological polar surface area (TPSA) is 158 Å². The van der Waals surface area contributed by atoms with E-state index in [1.54, 1.807) is 12.1 Å². The number of aromatic hydroxyl groups is 1. The van der Waals surface area contributed by atoms with Crippen LogP contribution in [-0.2, 0) is 20.8 Å². The van der Waals surface area contributed by atoms with E-state index in [1.807, 2.05) is 0 Å². The van der Waals surface area contributed by atoms with Crippen LogP contribution in [0.1, 0.15) is 17.5 Å². The molecule has 0 radical (unpaired) electrons. The fraction of sp³-hybridized carbons (Fsp3) is 0.211. The van der Waals surface area contributed by atoms with E-state index in [-0.39, 0.29) is 35.3 Å². The number of rotatable bonds is 1. The number of fused-ring (bicyclic) bond motifs is 3. The van der Waals surface area contributed by atoms with Gasteiger partial charge in [0.15, 0.2) is 0 Å². The number of allylic oxidation sites excluding steroid dienone is 1. The highest BCUT2D eigenvalue weighted by molar-refractivity contribution is 6.34. The number of amides is 1. The Morgan fingerprint density at radius 1 is 1.11 bits per heavy atom. The molecule has 2 unspecified atom stereocenters. The Hall–Kier alpha value is -3.39. The molecule has 0 aromatic heterocycles. The van der Waals surface area contributed by atoms with E-state index in [0.29, 0.717) is 5.56 Å². The smallest absolute Gasteiger partial charge is 0.256 e. The van der Waals surface area contributed by atoms with Gasteiger partial charge in [0.05, 0.1) is 5.56 Å². The van der Waals surface area contributed by atoms with Gasteiger partial charge in [-0.25, -0.2) is 0 Å². The van der Waals surface area contributed by atoms with Gasteiger partial charge in [-0.2, -0.15) is 0 Å². The summed E-state index contributed by atoms with van der Waals surface area (Å²) in [7, 11) is 0. The van der Waals surface area contributed by atoms with Crippen LogP contribution in [0, 0.1) is 5.92 Å². The van der Waals surface area contributed by atoms with Crippen LogP contribution in [0.3, 0.4) is 0 Å². The fourth-order valence-electron chi connectivity index (χ4n) is 4.13. The van der Waals surface area contributed by atoms with E-state index >= 15 is 0 Å². The standard InChI is InChI=1S/C19H15NO7/c20-18(26)14-11(22)6-9-5-8-4-7-2-1-3-10(21)12(7)15(23)13(8)16(24)19(9,27)17(14)25/h1-3,6,8,21-23,27H,4-5H2,(H2,20,26). The van der Waals surface area contributed by atoms with Crippen LogP contribution < -0.4 is 5.73 Å². The Kier molecular flexibility index (Phi) is 3.35. The molecule has 1 aromatic carbocycles. The molecule has 1 amide bonds. The molecule has 138 valence electrons. The normalized spacial score (nSPS) is 27.0. The first kappa shape index (κ1) is 17.0. The molecule has 6 N–H and O–H groups in total. The lowest BCUT2D eigenvalue weighted by atomic mass is 9.62. The van der Waals surface area contributed by atoms with E-state index in [2.05, 4.69) is 0 Å². The van der Waals surface area contributed by atoms with Gasteiger partial charge < -0.3 is 26.2 Å². The molecule has 3 aliphatic carbocycles. The van der Waals surface area contributed by atoms with E-state index in [1.165, 1.54) is 6.07 Å². The Morgan fingerprint density at radius 3 is 2.48 bits per heavy atom. The molecular weight excluding hydrogens is 354 g/mol. The largest absolute Gasteiger partial charge is 0.507 e. The quantitative estimate of drug-likeness (QED) is 0.353. The third kappa shape index (κ3) is 2.04. The summed E-state index contributed by atoms with van der Waals surface area (Å²) >= 11 is 0.